The summed E-state index contributed by atoms with van der Waals surface area (Å²) in [4.78, 5) is 0. The van der Waals surface area contributed by atoms with Crippen LogP contribution < -0.4 is 10.6 Å². The fourth-order valence-corrected chi connectivity index (χ4v) is 2.09. The molecule has 0 atom stereocenters. The van der Waals surface area contributed by atoms with Crippen LogP contribution in [0.1, 0.15) is 11.1 Å². The lowest BCUT2D eigenvalue weighted by Crippen LogP contribution is -2.22. The molecule has 0 aliphatic carbocycles. The summed E-state index contributed by atoms with van der Waals surface area (Å²) in [6, 6.07) is 5.51. The van der Waals surface area contributed by atoms with E-state index in [4.69, 9.17) is 0 Å². The Morgan fingerprint density at radius 2 is 1.94 bits per heavy atom. The fraction of sp³-hybridized carbons (Fsp3) is 0.500. The number of halogens is 3. The van der Waals surface area contributed by atoms with E-state index < -0.39 is 12.7 Å². The van der Waals surface area contributed by atoms with Crippen LogP contribution in [0.2, 0.25) is 0 Å². The molecule has 0 spiro atoms. The van der Waals surface area contributed by atoms with Crippen LogP contribution in [0.15, 0.2) is 18.2 Å². The summed E-state index contributed by atoms with van der Waals surface area (Å²) < 4.78 is 36.5. The molecular formula is C12H15F3N2. The Balaban J connectivity index is 2.17. The number of rotatable bonds is 2. The van der Waals surface area contributed by atoms with Crippen LogP contribution in [-0.4, -0.2) is 25.8 Å². The summed E-state index contributed by atoms with van der Waals surface area (Å²) in [6.07, 6.45) is -2.53. The zero-order chi connectivity index (χ0) is 12.3. The lowest BCUT2D eigenvalue weighted by molar-refractivity contribution is -0.115. The summed E-state index contributed by atoms with van der Waals surface area (Å²) in [6.45, 7) is 0.727. The normalized spacial score (nSPS) is 16.2. The number of fused-ring (bicyclic) bond motifs is 1. The van der Waals surface area contributed by atoms with Gasteiger partial charge < -0.3 is 10.6 Å². The van der Waals surface area contributed by atoms with Gasteiger partial charge in [0.2, 0.25) is 0 Å². The Kier molecular flexibility index (Phi) is 3.57. The third kappa shape index (κ3) is 3.36. The van der Waals surface area contributed by atoms with Crippen molar-refractivity contribution in [2.75, 3.05) is 25.0 Å². The highest BCUT2D eigenvalue weighted by molar-refractivity contribution is 5.55. The van der Waals surface area contributed by atoms with Crippen LogP contribution in [0.5, 0.6) is 0 Å². The minimum atomic E-state index is -4.17. The Hall–Kier alpha value is -1.23. The van der Waals surface area contributed by atoms with E-state index in [1.807, 2.05) is 12.1 Å². The van der Waals surface area contributed by atoms with Crippen LogP contribution in [0.4, 0.5) is 18.9 Å². The molecule has 0 amide bonds. The Labute approximate surface area is 98.2 Å². The summed E-state index contributed by atoms with van der Waals surface area (Å²) >= 11 is 0. The van der Waals surface area contributed by atoms with E-state index >= 15 is 0 Å². The number of hydrogen-bond acceptors (Lipinski definition) is 2. The standard InChI is InChI=1S/C12H15F3N2/c13-12(14,15)8-17-11-3-1-2-9-4-6-16-7-5-10(9)11/h1-3,16-17H,4-8H2. The first kappa shape index (κ1) is 12.2. The van der Waals surface area contributed by atoms with Gasteiger partial charge in [-0.2, -0.15) is 13.2 Å². The molecule has 0 saturated carbocycles. The van der Waals surface area contributed by atoms with E-state index in [0.717, 1.165) is 37.1 Å². The second kappa shape index (κ2) is 4.96. The van der Waals surface area contributed by atoms with Gasteiger partial charge >= 0.3 is 6.18 Å². The molecule has 1 aromatic carbocycles. The quantitative estimate of drug-likeness (QED) is 0.834. The summed E-state index contributed by atoms with van der Waals surface area (Å²) in [5.41, 5.74) is 2.77. The van der Waals surface area contributed by atoms with Gasteiger partial charge in [0, 0.05) is 5.69 Å². The van der Waals surface area contributed by atoms with Crippen LogP contribution in [0, 0.1) is 0 Å². The van der Waals surface area contributed by atoms with Gasteiger partial charge in [-0.25, -0.2) is 0 Å². The highest BCUT2D eigenvalue weighted by Gasteiger charge is 2.27. The van der Waals surface area contributed by atoms with E-state index in [2.05, 4.69) is 10.6 Å². The third-order valence-electron chi connectivity index (χ3n) is 2.88. The Morgan fingerprint density at radius 3 is 2.71 bits per heavy atom. The van der Waals surface area contributed by atoms with Gasteiger partial charge in [-0.3, -0.25) is 0 Å². The van der Waals surface area contributed by atoms with Crippen molar-refractivity contribution in [3.05, 3.63) is 29.3 Å². The van der Waals surface area contributed by atoms with Gasteiger partial charge in [-0.1, -0.05) is 12.1 Å². The highest BCUT2D eigenvalue weighted by Crippen LogP contribution is 2.24. The van der Waals surface area contributed by atoms with Crippen molar-refractivity contribution in [3.8, 4) is 0 Å². The lowest BCUT2D eigenvalue weighted by Gasteiger charge is -2.15. The molecule has 0 unspecified atom stereocenters. The first-order valence-corrected chi connectivity index (χ1v) is 5.68. The molecule has 0 fully saturated rings. The van der Waals surface area contributed by atoms with Crippen LogP contribution in [0.25, 0.3) is 0 Å². The van der Waals surface area contributed by atoms with Gasteiger partial charge in [-0.15, -0.1) is 0 Å². The molecule has 94 valence electrons. The summed E-state index contributed by atoms with van der Waals surface area (Å²) in [5.74, 6) is 0. The molecule has 2 rings (SSSR count). The first-order valence-electron chi connectivity index (χ1n) is 5.68. The summed E-state index contributed by atoms with van der Waals surface area (Å²) in [5, 5.41) is 5.73. The molecular weight excluding hydrogens is 229 g/mol. The molecule has 17 heavy (non-hydrogen) atoms. The Morgan fingerprint density at radius 1 is 1.18 bits per heavy atom. The average Bonchev–Trinajstić information content (AvgIpc) is 2.50. The maximum Gasteiger partial charge on any atom is 0.405 e. The number of nitrogens with one attached hydrogen (secondary N) is 2. The SMILES string of the molecule is FC(F)(F)CNc1cccc2c1CCNCC2. The van der Waals surface area contributed by atoms with Crippen molar-refractivity contribution in [2.24, 2.45) is 0 Å². The van der Waals surface area contributed by atoms with E-state index in [9.17, 15) is 13.2 Å². The number of hydrogen-bond donors (Lipinski definition) is 2. The van der Waals surface area contributed by atoms with Crippen molar-refractivity contribution >= 4 is 5.69 Å². The number of anilines is 1. The van der Waals surface area contributed by atoms with Gasteiger partial charge in [0.15, 0.2) is 0 Å². The number of alkyl halides is 3. The molecule has 1 aliphatic rings. The monoisotopic (exact) mass is 244 g/mol. The molecule has 1 aliphatic heterocycles. The van der Waals surface area contributed by atoms with Crippen LogP contribution in [-0.2, 0) is 12.8 Å². The maximum absolute atomic E-state index is 12.2. The average molecular weight is 244 g/mol. The first-order chi connectivity index (χ1) is 8.06. The van der Waals surface area contributed by atoms with Crippen molar-refractivity contribution in [1.82, 2.24) is 5.32 Å². The second-order valence-electron chi connectivity index (χ2n) is 4.16. The molecule has 0 bridgehead atoms. The van der Waals surface area contributed by atoms with Crippen molar-refractivity contribution < 1.29 is 13.2 Å². The molecule has 0 saturated heterocycles. The Bertz CT molecular complexity index is 388. The van der Waals surface area contributed by atoms with Gasteiger partial charge in [0.1, 0.15) is 6.54 Å². The van der Waals surface area contributed by atoms with E-state index in [0.29, 0.717) is 5.69 Å². The van der Waals surface area contributed by atoms with Crippen LogP contribution in [0.3, 0.4) is 0 Å². The maximum atomic E-state index is 12.2. The molecule has 0 aromatic heterocycles. The molecule has 5 heteroatoms. The molecule has 2 N–H and O–H groups in total. The predicted molar refractivity (Wildman–Crippen MR) is 61.3 cm³/mol. The van der Waals surface area contributed by atoms with E-state index in [1.54, 1.807) is 6.07 Å². The fourth-order valence-electron chi connectivity index (χ4n) is 2.09. The molecule has 0 radical (unpaired) electrons. The third-order valence-corrected chi connectivity index (χ3v) is 2.88. The molecule has 1 aromatic rings. The van der Waals surface area contributed by atoms with E-state index in [1.165, 1.54) is 0 Å². The zero-order valence-electron chi connectivity index (χ0n) is 9.40. The minimum absolute atomic E-state index is 0.614. The van der Waals surface area contributed by atoms with Crippen molar-refractivity contribution in [3.63, 3.8) is 0 Å². The smallest absolute Gasteiger partial charge is 0.376 e. The highest BCUT2D eigenvalue weighted by atomic mass is 19.4. The number of benzene rings is 1. The molecule has 1 heterocycles. The van der Waals surface area contributed by atoms with Gasteiger partial charge in [0.25, 0.3) is 0 Å². The molecule has 2 nitrogen and oxygen atoms in total. The summed E-state index contributed by atoms with van der Waals surface area (Å²) in [7, 11) is 0. The lowest BCUT2D eigenvalue weighted by atomic mass is 10.0. The van der Waals surface area contributed by atoms with Gasteiger partial charge in [0.05, 0.1) is 0 Å². The predicted octanol–water partition coefficient (Wildman–Crippen LogP) is 2.35. The zero-order valence-corrected chi connectivity index (χ0v) is 9.40. The largest absolute Gasteiger partial charge is 0.405 e. The minimum Gasteiger partial charge on any atom is -0.376 e. The van der Waals surface area contributed by atoms with Gasteiger partial charge in [-0.05, 0) is 43.1 Å². The van der Waals surface area contributed by atoms with E-state index in [-0.39, 0.29) is 0 Å². The van der Waals surface area contributed by atoms with Crippen molar-refractivity contribution in [1.29, 1.82) is 0 Å². The van der Waals surface area contributed by atoms with Crippen LogP contribution >= 0.6 is 0 Å². The second-order valence-corrected chi connectivity index (χ2v) is 4.16. The topological polar surface area (TPSA) is 24.1 Å². The van der Waals surface area contributed by atoms with Crippen molar-refractivity contribution in [2.45, 2.75) is 19.0 Å².